The van der Waals surface area contributed by atoms with Crippen molar-refractivity contribution in [3.05, 3.63) is 59.1 Å². The van der Waals surface area contributed by atoms with Crippen LogP contribution in [-0.4, -0.2) is 36.2 Å². The fourth-order valence-electron chi connectivity index (χ4n) is 3.36. The highest BCUT2D eigenvalue weighted by Gasteiger charge is 2.41. The highest BCUT2D eigenvalue weighted by Crippen LogP contribution is 2.30. The zero-order valence-electron chi connectivity index (χ0n) is 15.1. The lowest BCUT2D eigenvalue weighted by atomic mass is 10.2. The zero-order chi connectivity index (χ0) is 20.6. The van der Waals surface area contributed by atoms with Crippen LogP contribution in [0.5, 0.6) is 0 Å². The van der Waals surface area contributed by atoms with Gasteiger partial charge in [0.1, 0.15) is 17.4 Å². The first-order chi connectivity index (χ1) is 13.8. The molecule has 1 fully saturated rings. The van der Waals surface area contributed by atoms with Gasteiger partial charge in [0.2, 0.25) is 11.0 Å². The van der Waals surface area contributed by atoms with Crippen LogP contribution in [0.3, 0.4) is 0 Å². The van der Waals surface area contributed by atoms with Gasteiger partial charge in [0, 0.05) is 29.2 Å². The maximum atomic E-state index is 13.4. The Morgan fingerprint density at radius 1 is 1.31 bits per heavy atom. The molecule has 1 amide bonds. The number of benzene rings is 1. The van der Waals surface area contributed by atoms with E-state index in [9.17, 15) is 17.6 Å². The molecule has 1 saturated heterocycles. The summed E-state index contributed by atoms with van der Waals surface area (Å²) < 4.78 is 46.0. The van der Waals surface area contributed by atoms with Gasteiger partial charge in [-0.05, 0) is 43.2 Å². The normalized spacial score (nSPS) is 17.7. The molecule has 2 aromatic heterocycles. The molecule has 0 aliphatic carbocycles. The van der Waals surface area contributed by atoms with E-state index in [0.717, 1.165) is 4.31 Å². The second kappa shape index (κ2) is 7.74. The number of rotatable bonds is 5. The van der Waals surface area contributed by atoms with Gasteiger partial charge in [0.25, 0.3) is 10.0 Å². The van der Waals surface area contributed by atoms with Crippen molar-refractivity contribution in [3.8, 4) is 0 Å². The molecule has 0 unspecified atom stereocenters. The molecular formula is C19H17ClFN3O4S. The number of fused-ring (bicyclic) bond motifs is 1. The predicted molar refractivity (Wildman–Crippen MR) is 104 cm³/mol. The topological polar surface area (TPSA) is 92.5 Å². The molecule has 152 valence electrons. The predicted octanol–water partition coefficient (Wildman–Crippen LogP) is 3.09. The van der Waals surface area contributed by atoms with Gasteiger partial charge in [-0.3, -0.25) is 9.78 Å². The summed E-state index contributed by atoms with van der Waals surface area (Å²) in [5.41, 5.74) is 0.828. The number of nitrogens with one attached hydrogen (secondary N) is 1. The number of aromatic nitrogens is 1. The molecule has 0 saturated carbocycles. The number of carbonyl (C=O) groups excluding carboxylic acids is 1. The van der Waals surface area contributed by atoms with Gasteiger partial charge >= 0.3 is 0 Å². The smallest absolute Gasteiger partial charge is 0.277 e. The van der Waals surface area contributed by atoms with Crippen LogP contribution in [0.1, 0.15) is 18.5 Å². The zero-order valence-corrected chi connectivity index (χ0v) is 16.7. The summed E-state index contributed by atoms with van der Waals surface area (Å²) >= 11 is 5.91. The summed E-state index contributed by atoms with van der Waals surface area (Å²) in [6.45, 7) is 0.328. The lowest BCUT2D eigenvalue weighted by Gasteiger charge is -2.22. The number of furan rings is 1. The minimum atomic E-state index is -4.05. The lowest BCUT2D eigenvalue weighted by Crippen LogP contribution is -2.45. The number of nitrogens with zero attached hydrogens (tertiary/aromatic N) is 2. The van der Waals surface area contributed by atoms with E-state index in [0.29, 0.717) is 28.9 Å². The standard InChI is InChI=1S/C19H17ClFN3O4S/c20-13-5-6-22-15(10-13)11-23-19(25)16-2-1-7-24(16)29(26,27)18-9-12-8-14(21)3-4-17(12)28-18/h3-6,8-10,16H,1-2,7,11H2,(H,23,25)/t16-/m0/s1. The number of sulfonamides is 1. The Balaban J connectivity index is 1.53. The van der Waals surface area contributed by atoms with Gasteiger partial charge in [-0.25, -0.2) is 12.8 Å². The van der Waals surface area contributed by atoms with E-state index in [1.807, 2.05) is 0 Å². The van der Waals surface area contributed by atoms with Crippen LogP contribution in [0.25, 0.3) is 11.0 Å². The molecule has 10 heteroatoms. The molecule has 1 N–H and O–H groups in total. The highest BCUT2D eigenvalue weighted by atomic mass is 35.5. The van der Waals surface area contributed by atoms with E-state index in [1.165, 1.54) is 30.5 Å². The van der Waals surface area contributed by atoms with Crippen LogP contribution < -0.4 is 5.32 Å². The van der Waals surface area contributed by atoms with Gasteiger partial charge in [-0.2, -0.15) is 4.31 Å². The molecule has 1 aliphatic rings. The Labute approximate surface area is 171 Å². The molecule has 0 radical (unpaired) electrons. The van der Waals surface area contributed by atoms with Crippen molar-refractivity contribution in [1.29, 1.82) is 0 Å². The van der Waals surface area contributed by atoms with E-state index in [2.05, 4.69) is 10.3 Å². The van der Waals surface area contributed by atoms with Crippen LogP contribution >= 0.6 is 11.6 Å². The monoisotopic (exact) mass is 437 g/mol. The van der Waals surface area contributed by atoms with Gasteiger partial charge < -0.3 is 9.73 Å². The number of carbonyl (C=O) groups is 1. The Kier molecular flexibility index (Phi) is 5.28. The van der Waals surface area contributed by atoms with Crippen molar-refractivity contribution in [2.24, 2.45) is 0 Å². The largest absolute Gasteiger partial charge is 0.443 e. The molecule has 29 heavy (non-hydrogen) atoms. The Morgan fingerprint density at radius 3 is 2.93 bits per heavy atom. The summed E-state index contributed by atoms with van der Waals surface area (Å²) in [4.78, 5) is 16.8. The van der Waals surface area contributed by atoms with Crippen molar-refractivity contribution >= 4 is 38.5 Å². The minimum absolute atomic E-state index is 0.133. The maximum absolute atomic E-state index is 13.4. The van der Waals surface area contributed by atoms with Crippen LogP contribution in [0.2, 0.25) is 5.02 Å². The number of halogens is 2. The third-order valence-corrected chi connectivity index (χ3v) is 6.75. The van der Waals surface area contributed by atoms with Gasteiger partial charge in [-0.1, -0.05) is 11.6 Å². The van der Waals surface area contributed by atoms with Crippen molar-refractivity contribution < 1.29 is 22.0 Å². The number of amides is 1. The van der Waals surface area contributed by atoms with Gasteiger partial charge in [0.15, 0.2) is 0 Å². The fraction of sp³-hybridized carbons (Fsp3) is 0.263. The summed E-state index contributed by atoms with van der Waals surface area (Å²) in [7, 11) is -4.05. The Morgan fingerprint density at radius 2 is 2.14 bits per heavy atom. The molecule has 0 spiro atoms. The van der Waals surface area contributed by atoms with E-state index in [1.54, 1.807) is 12.1 Å². The molecular weight excluding hydrogens is 421 g/mol. The molecule has 1 aromatic carbocycles. The molecule has 0 bridgehead atoms. The molecule has 4 rings (SSSR count). The van der Waals surface area contributed by atoms with Gasteiger partial charge in [0.05, 0.1) is 12.2 Å². The SMILES string of the molecule is O=C(NCc1cc(Cl)ccn1)[C@@H]1CCCN1S(=O)(=O)c1cc2cc(F)ccc2o1. The summed E-state index contributed by atoms with van der Waals surface area (Å²) in [6.07, 6.45) is 2.46. The molecule has 1 atom stereocenters. The average molecular weight is 438 g/mol. The quantitative estimate of drug-likeness (QED) is 0.662. The van der Waals surface area contributed by atoms with Crippen molar-refractivity contribution in [2.75, 3.05) is 6.54 Å². The maximum Gasteiger partial charge on any atom is 0.277 e. The van der Waals surface area contributed by atoms with Crippen LogP contribution in [0.4, 0.5) is 4.39 Å². The number of pyridine rings is 1. The minimum Gasteiger partial charge on any atom is -0.443 e. The fourth-order valence-corrected chi connectivity index (χ4v) is 5.15. The molecule has 3 aromatic rings. The first kappa shape index (κ1) is 19.8. The number of hydrogen-bond donors (Lipinski definition) is 1. The Bertz CT molecular complexity index is 1180. The third kappa shape index (κ3) is 3.98. The van der Waals surface area contributed by atoms with E-state index in [4.69, 9.17) is 16.0 Å². The molecule has 7 nitrogen and oxygen atoms in total. The van der Waals surface area contributed by atoms with E-state index >= 15 is 0 Å². The molecule has 1 aliphatic heterocycles. The molecule has 3 heterocycles. The van der Waals surface area contributed by atoms with Crippen LogP contribution in [-0.2, 0) is 21.4 Å². The second-order valence-electron chi connectivity index (χ2n) is 6.70. The van der Waals surface area contributed by atoms with Crippen LogP contribution in [0, 0.1) is 5.82 Å². The van der Waals surface area contributed by atoms with Gasteiger partial charge in [-0.15, -0.1) is 0 Å². The lowest BCUT2D eigenvalue weighted by molar-refractivity contribution is -0.124. The number of hydrogen-bond acceptors (Lipinski definition) is 5. The first-order valence-corrected chi connectivity index (χ1v) is 10.8. The summed E-state index contributed by atoms with van der Waals surface area (Å²) in [5.74, 6) is -0.912. The summed E-state index contributed by atoms with van der Waals surface area (Å²) in [6, 6.07) is 7.43. The van der Waals surface area contributed by atoms with E-state index in [-0.39, 0.29) is 23.8 Å². The van der Waals surface area contributed by atoms with Crippen LogP contribution in [0.15, 0.2) is 52.1 Å². The summed E-state index contributed by atoms with van der Waals surface area (Å²) in [5, 5.41) is 3.24. The highest BCUT2D eigenvalue weighted by molar-refractivity contribution is 7.89. The van der Waals surface area contributed by atoms with E-state index < -0.39 is 27.8 Å². The van der Waals surface area contributed by atoms with Crippen molar-refractivity contribution in [2.45, 2.75) is 30.5 Å². The van der Waals surface area contributed by atoms with Crippen molar-refractivity contribution in [1.82, 2.24) is 14.6 Å². The Hall–Kier alpha value is -2.49. The average Bonchev–Trinajstić information content (AvgIpc) is 3.33. The van der Waals surface area contributed by atoms with Crippen molar-refractivity contribution in [3.63, 3.8) is 0 Å². The first-order valence-electron chi connectivity index (χ1n) is 8.94. The second-order valence-corrected chi connectivity index (χ2v) is 8.96. The third-order valence-electron chi connectivity index (χ3n) is 4.75.